The molecule has 0 spiro atoms. The van der Waals surface area contributed by atoms with Gasteiger partial charge < -0.3 is 20.7 Å². The second kappa shape index (κ2) is 11.9. The van der Waals surface area contributed by atoms with Crippen molar-refractivity contribution >= 4 is 29.0 Å². The summed E-state index contributed by atoms with van der Waals surface area (Å²) in [6, 6.07) is 14.8. The zero-order chi connectivity index (χ0) is 31.9. The van der Waals surface area contributed by atoms with Crippen LogP contribution >= 0.6 is 0 Å². The predicted octanol–water partition coefficient (Wildman–Crippen LogP) is 3.47. The van der Waals surface area contributed by atoms with E-state index in [2.05, 4.69) is 26.4 Å². The fourth-order valence-corrected chi connectivity index (χ4v) is 6.51. The van der Waals surface area contributed by atoms with E-state index in [1.807, 2.05) is 59.7 Å². The maximum absolute atomic E-state index is 13.6. The zero-order valence-electron chi connectivity index (χ0n) is 25.7. The SMILES string of the molecule is CC(C)C(=O)N1CCC(c2cc(-c3ccc(NC(=O)c4c5n(n(-c6ccccc6)c4=O)CCOC5)nc3)c3c(N)ncnn23)CC1. The smallest absolute Gasteiger partial charge is 0.284 e. The van der Waals surface area contributed by atoms with E-state index >= 15 is 0 Å². The number of pyridine rings is 1. The molecular weight excluding hydrogens is 586 g/mol. The molecule has 6 heterocycles. The molecule has 1 aromatic carbocycles. The number of likely N-dealkylation sites (tertiary alicyclic amines) is 1. The summed E-state index contributed by atoms with van der Waals surface area (Å²) in [5.74, 6) is 0.432. The van der Waals surface area contributed by atoms with E-state index in [4.69, 9.17) is 10.5 Å². The lowest BCUT2D eigenvalue weighted by Crippen LogP contribution is -2.40. The molecule has 13 heteroatoms. The Balaban J connectivity index is 1.16. The van der Waals surface area contributed by atoms with Crippen molar-refractivity contribution < 1.29 is 14.3 Å². The van der Waals surface area contributed by atoms with Crippen molar-refractivity contribution in [2.24, 2.45) is 5.92 Å². The highest BCUT2D eigenvalue weighted by Crippen LogP contribution is 2.37. The molecule has 0 saturated carbocycles. The normalized spacial score (nSPS) is 15.3. The van der Waals surface area contributed by atoms with Gasteiger partial charge >= 0.3 is 0 Å². The summed E-state index contributed by atoms with van der Waals surface area (Å²) in [5.41, 5.74) is 10.5. The first-order chi connectivity index (χ1) is 22.3. The van der Waals surface area contributed by atoms with Crippen LogP contribution in [0.3, 0.4) is 0 Å². The second-order valence-corrected chi connectivity index (χ2v) is 12.0. The van der Waals surface area contributed by atoms with Crippen LogP contribution in [-0.4, -0.2) is 65.4 Å². The number of hydrogen-bond acceptors (Lipinski definition) is 8. The largest absolute Gasteiger partial charge is 0.382 e. The first-order valence-electron chi connectivity index (χ1n) is 15.5. The fourth-order valence-electron chi connectivity index (χ4n) is 6.51. The fraction of sp³-hybridized carbons (Fsp3) is 0.333. The van der Waals surface area contributed by atoms with Crippen LogP contribution in [0.15, 0.2) is 65.8 Å². The molecule has 2 amide bonds. The van der Waals surface area contributed by atoms with Gasteiger partial charge in [0.05, 0.1) is 31.1 Å². The van der Waals surface area contributed by atoms with E-state index in [1.165, 1.54) is 11.0 Å². The zero-order valence-corrected chi connectivity index (χ0v) is 25.7. The molecule has 4 aromatic heterocycles. The number of nitrogens with one attached hydrogen (secondary N) is 1. The number of aromatic nitrogens is 6. The van der Waals surface area contributed by atoms with Crippen molar-refractivity contribution in [3.8, 4) is 16.8 Å². The lowest BCUT2D eigenvalue weighted by Gasteiger charge is -2.33. The molecule has 2 aliphatic heterocycles. The van der Waals surface area contributed by atoms with Gasteiger partial charge in [0.25, 0.3) is 11.5 Å². The summed E-state index contributed by atoms with van der Waals surface area (Å²) in [6.07, 6.45) is 4.74. The Labute approximate surface area is 264 Å². The Kier molecular flexibility index (Phi) is 7.61. The minimum Gasteiger partial charge on any atom is -0.382 e. The highest BCUT2D eigenvalue weighted by atomic mass is 16.5. The van der Waals surface area contributed by atoms with Gasteiger partial charge in [0, 0.05) is 47.9 Å². The Morgan fingerprint density at radius 2 is 1.83 bits per heavy atom. The van der Waals surface area contributed by atoms with E-state index in [-0.39, 0.29) is 29.9 Å². The number of ether oxygens (including phenoxy) is 1. The van der Waals surface area contributed by atoms with Gasteiger partial charge in [-0.25, -0.2) is 19.2 Å². The van der Waals surface area contributed by atoms with Gasteiger partial charge in [-0.1, -0.05) is 32.0 Å². The molecule has 0 bridgehead atoms. The molecule has 0 radical (unpaired) electrons. The van der Waals surface area contributed by atoms with Crippen molar-refractivity contribution in [3.05, 3.63) is 88.4 Å². The first kappa shape index (κ1) is 29.4. The molecule has 0 unspecified atom stereocenters. The number of anilines is 2. The van der Waals surface area contributed by atoms with Crippen LogP contribution in [0, 0.1) is 5.92 Å². The Bertz CT molecular complexity index is 1990. The molecule has 1 saturated heterocycles. The summed E-state index contributed by atoms with van der Waals surface area (Å²) in [6.45, 7) is 6.29. The van der Waals surface area contributed by atoms with Gasteiger partial charge in [-0.3, -0.25) is 19.1 Å². The Hall–Kier alpha value is -5.30. The van der Waals surface area contributed by atoms with Gasteiger partial charge in [0.2, 0.25) is 5.91 Å². The number of carbonyl (C=O) groups excluding carboxylic acids is 2. The number of nitrogens with two attached hydrogens (primary N) is 1. The van der Waals surface area contributed by atoms with Crippen LogP contribution in [-0.2, 0) is 22.7 Å². The molecule has 236 valence electrons. The highest BCUT2D eigenvalue weighted by molar-refractivity contribution is 6.04. The third kappa shape index (κ3) is 5.11. The van der Waals surface area contributed by atoms with Gasteiger partial charge in [0.15, 0.2) is 5.82 Å². The average Bonchev–Trinajstić information content (AvgIpc) is 3.61. The van der Waals surface area contributed by atoms with Crippen molar-refractivity contribution in [1.29, 1.82) is 0 Å². The van der Waals surface area contributed by atoms with E-state index < -0.39 is 11.5 Å². The average molecular weight is 622 g/mol. The van der Waals surface area contributed by atoms with Gasteiger partial charge in [-0.05, 0) is 43.2 Å². The molecule has 3 N–H and O–H groups in total. The number of fused-ring (bicyclic) bond motifs is 2. The highest BCUT2D eigenvalue weighted by Gasteiger charge is 2.30. The minimum absolute atomic E-state index is 0.0268. The van der Waals surface area contributed by atoms with Gasteiger partial charge in [-0.15, -0.1) is 0 Å². The Morgan fingerprint density at radius 1 is 1.04 bits per heavy atom. The molecule has 7 rings (SSSR count). The quantitative estimate of drug-likeness (QED) is 0.292. The summed E-state index contributed by atoms with van der Waals surface area (Å²) >= 11 is 0. The maximum atomic E-state index is 13.6. The monoisotopic (exact) mass is 621 g/mol. The predicted molar refractivity (Wildman–Crippen MR) is 172 cm³/mol. The number of benzene rings is 1. The molecule has 0 atom stereocenters. The number of para-hydroxylation sites is 1. The topological polar surface area (TPSA) is 155 Å². The van der Waals surface area contributed by atoms with Crippen molar-refractivity contribution in [2.75, 3.05) is 30.7 Å². The van der Waals surface area contributed by atoms with Crippen LogP contribution in [0.4, 0.5) is 11.6 Å². The molecule has 1 fully saturated rings. The van der Waals surface area contributed by atoms with Crippen molar-refractivity contribution in [1.82, 2.24) is 33.8 Å². The van der Waals surface area contributed by atoms with E-state index in [0.29, 0.717) is 54.8 Å². The molecule has 5 aromatic rings. The summed E-state index contributed by atoms with van der Waals surface area (Å²) < 4.78 is 10.8. The van der Waals surface area contributed by atoms with Gasteiger partial charge in [-0.2, -0.15) is 5.10 Å². The number of nitrogen functional groups attached to an aromatic ring is 1. The van der Waals surface area contributed by atoms with Crippen LogP contribution in [0.1, 0.15) is 54.4 Å². The minimum atomic E-state index is -0.550. The lowest BCUT2D eigenvalue weighted by atomic mass is 9.92. The number of piperidine rings is 1. The van der Waals surface area contributed by atoms with Crippen LogP contribution < -0.4 is 16.6 Å². The van der Waals surface area contributed by atoms with E-state index in [9.17, 15) is 14.4 Å². The van der Waals surface area contributed by atoms with Crippen LogP contribution in [0.25, 0.3) is 22.3 Å². The van der Waals surface area contributed by atoms with E-state index in [1.54, 1.807) is 16.9 Å². The number of nitrogens with zero attached hydrogens (tertiary/aromatic N) is 7. The summed E-state index contributed by atoms with van der Waals surface area (Å²) in [5, 5.41) is 7.33. The maximum Gasteiger partial charge on any atom is 0.284 e. The molecule has 13 nitrogen and oxygen atoms in total. The first-order valence-corrected chi connectivity index (χ1v) is 15.5. The summed E-state index contributed by atoms with van der Waals surface area (Å²) in [7, 11) is 0. The standard InChI is InChI=1S/C33H35N9O4/c1-20(2)32(44)39-12-10-21(11-13-39)25-16-24(29-30(34)36-19-37-41(25)29)22-8-9-27(35-17-22)38-31(43)28-26-18-46-15-14-40(26)42(33(28)45)23-6-4-3-5-7-23/h3-9,16-17,19-21H,10-15,18H2,1-2H3,(H2,34,36,37)(H,35,38,43). The number of rotatable bonds is 6. The third-order valence-corrected chi connectivity index (χ3v) is 8.81. The Morgan fingerprint density at radius 3 is 2.54 bits per heavy atom. The van der Waals surface area contributed by atoms with Crippen molar-refractivity contribution in [3.63, 3.8) is 0 Å². The number of hydrogen-bond donors (Lipinski definition) is 2. The lowest BCUT2D eigenvalue weighted by molar-refractivity contribution is -0.135. The summed E-state index contributed by atoms with van der Waals surface area (Å²) in [4.78, 5) is 50.3. The molecule has 0 aliphatic carbocycles. The van der Waals surface area contributed by atoms with Crippen molar-refractivity contribution in [2.45, 2.75) is 45.8 Å². The van der Waals surface area contributed by atoms with Crippen LogP contribution in [0.2, 0.25) is 0 Å². The van der Waals surface area contributed by atoms with Crippen LogP contribution in [0.5, 0.6) is 0 Å². The molecule has 2 aliphatic rings. The second-order valence-electron chi connectivity index (χ2n) is 12.0. The van der Waals surface area contributed by atoms with Gasteiger partial charge in [0.1, 0.15) is 23.2 Å². The van der Waals surface area contributed by atoms with E-state index in [0.717, 1.165) is 29.7 Å². The third-order valence-electron chi connectivity index (χ3n) is 8.81. The number of amides is 2. The molecule has 46 heavy (non-hydrogen) atoms. The number of carbonyl (C=O) groups is 2. The molecular formula is C33H35N9O4.